The van der Waals surface area contributed by atoms with Crippen LogP contribution in [-0.4, -0.2) is 18.6 Å². The first-order chi connectivity index (χ1) is 7.76. The monoisotopic (exact) mass is 211 g/mol. The Morgan fingerprint density at radius 3 is 3.06 bits per heavy atom. The lowest BCUT2D eigenvalue weighted by Crippen LogP contribution is -2.20. The molecule has 0 bridgehead atoms. The van der Waals surface area contributed by atoms with Crippen molar-refractivity contribution in [3.63, 3.8) is 0 Å². The van der Waals surface area contributed by atoms with E-state index in [2.05, 4.69) is 17.0 Å². The summed E-state index contributed by atoms with van der Waals surface area (Å²) in [6.45, 7) is 0.473. The summed E-state index contributed by atoms with van der Waals surface area (Å²) in [4.78, 5) is 6.39. The molecule has 1 aromatic rings. The van der Waals surface area contributed by atoms with Gasteiger partial charge >= 0.3 is 0 Å². The van der Waals surface area contributed by atoms with Crippen LogP contribution in [0.25, 0.3) is 0 Å². The van der Waals surface area contributed by atoms with E-state index in [4.69, 9.17) is 11.7 Å². The maximum atomic E-state index is 9.10. The normalized spacial score (nSPS) is 12.7. The molecular weight excluding hydrogens is 198 g/mol. The van der Waals surface area contributed by atoms with Gasteiger partial charge in [-0.3, -0.25) is 0 Å². The Morgan fingerprint density at radius 2 is 2.38 bits per heavy atom. The Balaban J connectivity index is 2.45. The minimum absolute atomic E-state index is 0.473. The average Bonchev–Trinajstić information content (AvgIpc) is 2.74. The number of pyridine rings is 1. The van der Waals surface area contributed by atoms with Crippen LogP contribution in [0.2, 0.25) is 0 Å². The minimum Gasteiger partial charge on any atom is -0.347 e. The summed E-state index contributed by atoms with van der Waals surface area (Å²) < 4.78 is 0. The van der Waals surface area contributed by atoms with Crippen LogP contribution in [0.15, 0.2) is 6.07 Å². The van der Waals surface area contributed by atoms with Crippen LogP contribution in [0.5, 0.6) is 0 Å². The van der Waals surface area contributed by atoms with E-state index in [-0.39, 0.29) is 0 Å². The predicted octanol–water partition coefficient (Wildman–Crippen LogP) is 1.51. The summed E-state index contributed by atoms with van der Waals surface area (Å²) in [6.07, 6.45) is 8.45. The van der Waals surface area contributed by atoms with E-state index in [1.54, 1.807) is 0 Å². The minimum atomic E-state index is 0.473. The van der Waals surface area contributed by atoms with E-state index in [1.807, 2.05) is 18.0 Å². The first-order valence-electron chi connectivity index (χ1n) is 5.33. The zero-order valence-electron chi connectivity index (χ0n) is 9.32. The number of aromatic nitrogens is 1. The molecule has 3 heteroatoms. The molecule has 0 atom stereocenters. The molecule has 0 radical (unpaired) electrons. The Bertz CT molecular complexity index is 491. The zero-order valence-corrected chi connectivity index (χ0v) is 9.32. The third kappa shape index (κ3) is 1.73. The second-order valence-corrected chi connectivity index (χ2v) is 3.99. The molecular formula is C13H13N3. The van der Waals surface area contributed by atoms with Gasteiger partial charge in [0.05, 0.1) is 12.1 Å². The standard InChI is InChI=1S/C13H13N3/c1-3-7-16(2)13-11(9-14)8-10-5-4-6-12(10)15-13/h1,8H,4-7H2,2H3. The van der Waals surface area contributed by atoms with Crippen molar-refractivity contribution in [1.82, 2.24) is 4.98 Å². The number of hydrogen-bond donors (Lipinski definition) is 0. The number of aryl methyl sites for hydroxylation is 2. The van der Waals surface area contributed by atoms with Gasteiger partial charge in [0.2, 0.25) is 0 Å². The summed E-state index contributed by atoms with van der Waals surface area (Å²) >= 11 is 0. The third-order valence-electron chi connectivity index (χ3n) is 2.84. The SMILES string of the molecule is C#CCN(C)c1nc2c(cc1C#N)CCC2. The van der Waals surface area contributed by atoms with Crippen molar-refractivity contribution >= 4 is 5.82 Å². The molecule has 1 heterocycles. The number of hydrogen-bond acceptors (Lipinski definition) is 3. The van der Waals surface area contributed by atoms with Crippen LogP contribution in [0, 0.1) is 23.7 Å². The number of anilines is 1. The quantitative estimate of drug-likeness (QED) is 0.696. The van der Waals surface area contributed by atoms with Crippen molar-refractivity contribution in [2.24, 2.45) is 0 Å². The summed E-state index contributed by atoms with van der Waals surface area (Å²) in [7, 11) is 1.87. The molecule has 0 saturated heterocycles. The van der Waals surface area contributed by atoms with Crippen LogP contribution < -0.4 is 4.90 Å². The molecule has 2 rings (SSSR count). The van der Waals surface area contributed by atoms with Gasteiger partial charge < -0.3 is 4.90 Å². The second-order valence-electron chi connectivity index (χ2n) is 3.99. The molecule has 0 N–H and O–H groups in total. The molecule has 16 heavy (non-hydrogen) atoms. The topological polar surface area (TPSA) is 39.9 Å². The molecule has 1 aliphatic rings. The Hall–Kier alpha value is -2.00. The number of rotatable bonds is 2. The lowest BCUT2D eigenvalue weighted by Gasteiger charge is -2.17. The van der Waals surface area contributed by atoms with Gasteiger partial charge in [-0.2, -0.15) is 5.26 Å². The van der Waals surface area contributed by atoms with Crippen molar-refractivity contribution in [2.45, 2.75) is 19.3 Å². The van der Waals surface area contributed by atoms with Crippen LogP contribution in [0.4, 0.5) is 5.82 Å². The zero-order chi connectivity index (χ0) is 11.5. The largest absolute Gasteiger partial charge is 0.347 e. The molecule has 3 nitrogen and oxygen atoms in total. The Morgan fingerprint density at radius 1 is 1.56 bits per heavy atom. The summed E-state index contributed by atoms with van der Waals surface area (Å²) in [5, 5.41) is 9.10. The highest BCUT2D eigenvalue weighted by molar-refractivity contribution is 5.56. The second kappa shape index (κ2) is 4.24. The van der Waals surface area contributed by atoms with Gasteiger partial charge in [-0.25, -0.2) is 4.98 Å². The van der Waals surface area contributed by atoms with Crippen LogP contribution in [-0.2, 0) is 12.8 Å². The van der Waals surface area contributed by atoms with Crippen LogP contribution >= 0.6 is 0 Å². The molecule has 0 spiro atoms. The van der Waals surface area contributed by atoms with Gasteiger partial charge in [-0.15, -0.1) is 6.42 Å². The van der Waals surface area contributed by atoms with E-state index < -0.39 is 0 Å². The van der Waals surface area contributed by atoms with Gasteiger partial charge in [0.15, 0.2) is 0 Å². The van der Waals surface area contributed by atoms with Gasteiger partial charge in [0.25, 0.3) is 0 Å². The highest BCUT2D eigenvalue weighted by Gasteiger charge is 2.17. The molecule has 0 fully saturated rings. The number of nitrogens with zero attached hydrogens (tertiary/aromatic N) is 3. The molecule has 0 amide bonds. The lowest BCUT2D eigenvalue weighted by atomic mass is 10.1. The molecule has 80 valence electrons. The first kappa shape index (κ1) is 10.5. The maximum Gasteiger partial charge on any atom is 0.147 e. The molecule has 0 saturated carbocycles. The molecule has 0 aliphatic heterocycles. The summed E-state index contributed by atoms with van der Waals surface area (Å²) in [6, 6.07) is 4.15. The van der Waals surface area contributed by atoms with Crippen LogP contribution in [0.3, 0.4) is 0 Å². The van der Waals surface area contributed by atoms with Crippen molar-refractivity contribution in [2.75, 3.05) is 18.5 Å². The van der Waals surface area contributed by atoms with E-state index in [0.717, 1.165) is 25.0 Å². The number of nitriles is 1. The Kier molecular flexibility index (Phi) is 2.79. The van der Waals surface area contributed by atoms with Crippen molar-refractivity contribution < 1.29 is 0 Å². The smallest absolute Gasteiger partial charge is 0.147 e. The van der Waals surface area contributed by atoms with E-state index >= 15 is 0 Å². The van der Waals surface area contributed by atoms with Crippen molar-refractivity contribution in [1.29, 1.82) is 5.26 Å². The fourth-order valence-corrected chi connectivity index (χ4v) is 2.05. The first-order valence-corrected chi connectivity index (χ1v) is 5.33. The highest BCUT2D eigenvalue weighted by Crippen LogP contribution is 2.26. The molecule has 1 aromatic heterocycles. The van der Waals surface area contributed by atoms with Crippen LogP contribution in [0.1, 0.15) is 23.2 Å². The highest BCUT2D eigenvalue weighted by atomic mass is 15.2. The number of fused-ring (bicyclic) bond motifs is 1. The van der Waals surface area contributed by atoms with E-state index in [0.29, 0.717) is 17.9 Å². The third-order valence-corrected chi connectivity index (χ3v) is 2.84. The predicted molar refractivity (Wildman–Crippen MR) is 63.1 cm³/mol. The van der Waals surface area contributed by atoms with E-state index in [1.165, 1.54) is 5.56 Å². The van der Waals surface area contributed by atoms with E-state index in [9.17, 15) is 0 Å². The van der Waals surface area contributed by atoms with Gasteiger partial charge in [-0.1, -0.05) is 5.92 Å². The van der Waals surface area contributed by atoms with Gasteiger partial charge in [0, 0.05) is 12.7 Å². The summed E-state index contributed by atoms with van der Waals surface area (Å²) in [5.74, 6) is 3.27. The lowest BCUT2D eigenvalue weighted by molar-refractivity contribution is 0.894. The maximum absolute atomic E-state index is 9.10. The number of terminal acetylenes is 1. The molecule has 1 aliphatic carbocycles. The molecule has 0 unspecified atom stereocenters. The van der Waals surface area contributed by atoms with Crippen molar-refractivity contribution in [3.05, 3.63) is 22.9 Å². The average molecular weight is 211 g/mol. The molecule has 0 aromatic carbocycles. The fourth-order valence-electron chi connectivity index (χ4n) is 2.05. The van der Waals surface area contributed by atoms with Gasteiger partial charge in [0.1, 0.15) is 11.9 Å². The fraction of sp³-hybridized carbons (Fsp3) is 0.385. The Labute approximate surface area is 95.7 Å². The van der Waals surface area contributed by atoms with Gasteiger partial charge in [-0.05, 0) is 30.9 Å². The van der Waals surface area contributed by atoms with Crippen molar-refractivity contribution in [3.8, 4) is 18.4 Å². The summed E-state index contributed by atoms with van der Waals surface area (Å²) in [5.41, 5.74) is 2.96.